The van der Waals surface area contributed by atoms with Crippen LogP contribution in [0.25, 0.3) is 0 Å². The molecule has 0 aliphatic heterocycles. The van der Waals surface area contributed by atoms with E-state index in [9.17, 15) is 0 Å². The average Bonchev–Trinajstić information content (AvgIpc) is 1.99. The largest absolute Gasteiger partial charge is 0.385 e. The molecule has 0 saturated carbocycles. The quantitative estimate of drug-likeness (QED) is 0.663. The lowest BCUT2D eigenvalue weighted by atomic mass is 9.84. The number of hydrogen-bond acceptors (Lipinski definition) is 2. The number of hydrogen-bond donors (Lipinski definition) is 1. The molecule has 2 nitrogen and oxygen atoms in total. The van der Waals surface area contributed by atoms with Gasteiger partial charge in [-0.15, -0.1) is 0 Å². The Kier molecular flexibility index (Phi) is 4.69. The van der Waals surface area contributed by atoms with E-state index in [0.29, 0.717) is 5.92 Å². The minimum Gasteiger partial charge on any atom is -0.385 e. The summed E-state index contributed by atoms with van der Waals surface area (Å²) in [7, 11) is 1.71. The van der Waals surface area contributed by atoms with Gasteiger partial charge in [0.2, 0.25) is 0 Å². The molecule has 2 atom stereocenters. The highest BCUT2D eigenvalue weighted by Gasteiger charge is 2.24. The van der Waals surface area contributed by atoms with Gasteiger partial charge in [0, 0.05) is 19.3 Å². The Bertz CT molecular complexity index is 102. The van der Waals surface area contributed by atoms with E-state index in [1.54, 1.807) is 7.11 Å². The summed E-state index contributed by atoms with van der Waals surface area (Å²) < 4.78 is 4.99. The maximum atomic E-state index is 6.08. The molecule has 0 heterocycles. The van der Waals surface area contributed by atoms with Gasteiger partial charge in [-0.25, -0.2) is 0 Å². The van der Waals surface area contributed by atoms with Gasteiger partial charge in [0.1, 0.15) is 0 Å². The zero-order valence-corrected chi connectivity index (χ0v) is 8.18. The molecule has 0 aromatic heterocycles. The summed E-state index contributed by atoms with van der Waals surface area (Å²) in [6.07, 6.45) is 2.08. The summed E-state index contributed by atoms with van der Waals surface area (Å²) in [5.41, 5.74) is 6.01. The Morgan fingerprint density at radius 3 is 2.45 bits per heavy atom. The maximum Gasteiger partial charge on any atom is 0.0479 e. The van der Waals surface area contributed by atoms with Gasteiger partial charge in [-0.2, -0.15) is 0 Å². The highest BCUT2D eigenvalue weighted by Crippen LogP contribution is 2.20. The number of ether oxygens (including phenoxy) is 1. The van der Waals surface area contributed by atoms with E-state index in [1.807, 2.05) is 0 Å². The summed E-state index contributed by atoms with van der Waals surface area (Å²) in [5.74, 6) is 0.567. The van der Waals surface area contributed by atoms with Crippen LogP contribution in [0.2, 0.25) is 0 Å². The van der Waals surface area contributed by atoms with Gasteiger partial charge in [0.05, 0.1) is 0 Å². The molecule has 2 N–H and O–H groups in total. The van der Waals surface area contributed by atoms with E-state index in [2.05, 4.69) is 20.8 Å². The number of nitrogens with two attached hydrogens (primary N) is 1. The van der Waals surface area contributed by atoms with Gasteiger partial charge >= 0.3 is 0 Å². The summed E-state index contributed by atoms with van der Waals surface area (Å²) in [6, 6.07) is 0. The Morgan fingerprint density at radius 2 is 2.09 bits per heavy atom. The van der Waals surface area contributed by atoms with E-state index >= 15 is 0 Å². The molecule has 0 saturated heterocycles. The van der Waals surface area contributed by atoms with Crippen LogP contribution in [0.1, 0.15) is 33.6 Å². The van der Waals surface area contributed by atoms with Gasteiger partial charge in [-0.3, -0.25) is 0 Å². The molecule has 0 aromatic carbocycles. The lowest BCUT2D eigenvalue weighted by Crippen LogP contribution is -2.43. The standard InChI is InChI=1S/C9H21NO/c1-5-8(2)9(3,10)6-7-11-4/h8H,5-7,10H2,1-4H3. The predicted molar refractivity (Wildman–Crippen MR) is 48.5 cm³/mol. The molecule has 0 aromatic rings. The third kappa shape index (κ3) is 3.73. The molecule has 2 heteroatoms. The second-order valence-corrected chi connectivity index (χ2v) is 3.56. The van der Waals surface area contributed by atoms with Crippen LogP contribution < -0.4 is 5.73 Å². The van der Waals surface area contributed by atoms with Crippen molar-refractivity contribution in [1.82, 2.24) is 0 Å². The fourth-order valence-corrected chi connectivity index (χ4v) is 1.03. The minimum absolute atomic E-state index is 0.0647. The smallest absolute Gasteiger partial charge is 0.0479 e. The van der Waals surface area contributed by atoms with Gasteiger partial charge in [-0.05, 0) is 19.3 Å². The van der Waals surface area contributed by atoms with E-state index in [4.69, 9.17) is 10.5 Å². The topological polar surface area (TPSA) is 35.2 Å². The lowest BCUT2D eigenvalue weighted by Gasteiger charge is -2.30. The zero-order chi connectivity index (χ0) is 8.91. The first-order valence-corrected chi connectivity index (χ1v) is 4.32. The van der Waals surface area contributed by atoms with Crippen molar-refractivity contribution in [2.75, 3.05) is 13.7 Å². The zero-order valence-electron chi connectivity index (χ0n) is 8.18. The molecule has 0 aliphatic carbocycles. The first-order chi connectivity index (χ1) is 5.04. The summed E-state index contributed by atoms with van der Waals surface area (Å²) in [6.45, 7) is 7.22. The van der Waals surface area contributed by atoms with Crippen molar-refractivity contribution >= 4 is 0 Å². The third-order valence-electron chi connectivity index (χ3n) is 2.58. The van der Waals surface area contributed by atoms with Crippen LogP contribution in [0.5, 0.6) is 0 Å². The third-order valence-corrected chi connectivity index (χ3v) is 2.58. The Balaban J connectivity index is 3.77. The fourth-order valence-electron chi connectivity index (χ4n) is 1.03. The second kappa shape index (κ2) is 4.73. The molecule has 11 heavy (non-hydrogen) atoms. The van der Waals surface area contributed by atoms with Gasteiger partial charge < -0.3 is 10.5 Å². The van der Waals surface area contributed by atoms with Crippen molar-refractivity contribution in [3.8, 4) is 0 Å². The SMILES string of the molecule is CCC(C)C(C)(N)CCOC. The minimum atomic E-state index is -0.0647. The summed E-state index contributed by atoms with van der Waals surface area (Å²) >= 11 is 0. The van der Waals surface area contributed by atoms with Crippen molar-refractivity contribution in [2.24, 2.45) is 11.7 Å². The van der Waals surface area contributed by atoms with Gasteiger partial charge in [-0.1, -0.05) is 20.3 Å². The Hall–Kier alpha value is -0.0800. The number of methoxy groups -OCH3 is 1. The summed E-state index contributed by atoms with van der Waals surface area (Å²) in [4.78, 5) is 0. The van der Waals surface area contributed by atoms with Crippen LogP contribution in [-0.2, 0) is 4.74 Å². The van der Waals surface area contributed by atoms with Crippen LogP contribution in [0.3, 0.4) is 0 Å². The molecule has 0 radical (unpaired) electrons. The van der Waals surface area contributed by atoms with Gasteiger partial charge in [0.25, 0.3) is 0 Å². The average molecular weight is 159 g/mol. The highest BCUT2D eigenvalue weighted by atomic mass is 16.5. The van der Waals surface area contributed by atoms with Crippen molar-refractivity contribution in [1.29, 1.82) is 0 Å². The molecule has 0 amide bonds. The lowest BCUT2D eigenvalue weighted by molar-refractivity contribution is 0.152. The summed E-state index contributed by atoms with van der Waals surface area (Å²) in [5, 5.41) is 0. The maximum absolute atomic E-state index is 6.08. The van der Waals surface area contributed by atoms with E-state index in [1.165, 1.54) is 0 Å². The van der Waals surface area contributed by atoms with Crippen LogP contribution in [0.4, 0.5) is 0 Å². The molecular formula is C9H21NO. The molecule has 0 aliphatic rings. The van der Waals surface area contributed by atoms with E-state index < -0.39 is 0 Å². The monoisotopic (exact) mass is 159 g/mol. The Labute approximate surface area is 70.1 Å². The van der Waals surface area contributed by atoms with Crippen molar-refractivity contribution in [2.45, 2.75) is 39.2 Å². The van der Waals surface area contributed by atoms with Gasteiger partial charge in [0.15, 0.2) is 0 Å². The van der Waals surface area contributed by atoms with E-state index in [-0.39, 0.29) is 5.54 Å². The number of rotatable bonds is 5. The fraction of sp³-hybridized carbons (Fsp3) is 1.00. The van der Waals surface area contributed by atoms with Crippen molar-refractivity contribution in [3.05, 3.63) is 0 Å². The van der Waals surface area contributed by atoms with Crippen LogP contribution in [0, 0.1) is 5.92 Å². The molecule has 0 rings (SSSR count). The first-order valence-electron chi connectivity index (χ1n) is 4.32. The second-order valence-electron chi connectivity index (χ2n) is 3.56. The predicted octanol–water partition coefficient (Wildman–Crippen LogP) is 1.79. The highest BCUT2D eigenvalue weighted by molar-refractivity contribution is 4.83. The molecule has 0 bridgehead atoms. The molecule has 0 fully saturated rings. The Morgan fingerprint density at radius 1 is 1.55 bits per heavy atom. The van der Waals surface area contributed by atoms with E-state index in [0.717, 1.165) is 19.4 Å². The molecular weight excluding hydrogens is 138 g/mol. The van der Waals surface area contributed by atoms with Crippen molar-refractivity contribution in [3.63, 3.8) is 0 Å². The molecule has 68 valence electrons. The van der Waals surface area contributed by atoms with Crippen LogP contribution >= 0.6 is 0 Å². The van der Waals surface area contributed by atoms with Crippen LogP contribution in [-0.4, -0.2) is 19.3 Å². The normalized spacial score (nSPS) is 19.4. The molecule has 2 unspecified atom stereocenters. The first kappa shape index (κ1) is 10.9. The van der Waals surface area contributed by atoms with Crippen LogP contribution in [0.15, 0.2) is 0 Å². The van der Waals surface area contributed by atoms with Crippen molar-refractivity contribution < 1.29 is 4.74 Å². The molecule has 0 spiro atoms.